The van der Waals surface area contributed by atoms with Crippen molar-refractivity contribution >= 4 is 5.91 Å². The van der Waals surface area contributed by atoms with Gasteiger partial charge in [0.25, 0.3) is 0 Å². The summed E-state index contributed by atoms with van der Waals surface area (Å²) < 4.78 is 5.09. The summed E-state index contributed by atoms with van der Waals surface area (Å²) in [4.78, 5) is 13.3. The molecule has 1 N–H and O–H groups in total. The zero-order valence-electron chi connectivity index (χ0n) is 9.79. The maximum atomic E-state index is 11.5. The van der Waals surface area contributed by atoms with E-state index in [4.69, 9.17) is 4.74 Å². The van der Waals surface area contributed by atoms with Crippen molar-refractivity contribution in [1.29, 1.82) is 0 Å². The highest BCUT2D eigenvalue weighted by molar-refractivity contribution is 5.77. The number of hydrogen-bond acceptors (Lipinski definition) is 3. The first-order valence-corrected chi connectivity index (χ1v) is 5.79. The molecule has 1 rings (SSSR count). The lowest BCUT2D eigenvalue weighted by Crippen LogP contribution is -2.45. The Morgan fingerprint density at radius 1 is 1.53 bits per heavy atom. The van der Waals surface area contributed by atoms with E-state index in [0.29, 0.717) is 12.6 Å². The van der Waals surface area contributed by atoms with Crippen molar-refractivity contribution in [3.63, 3.8) is 0 Å². The molecule has 0 aromatic carbocycles. The second kappa shape index (κ2) is 6.80. The van der Waals surface area contributed by atoms with Crippen LogP contribution in [-0.2, 0) is 9.53 Å². The van der Waals surface area contributed by atoms with Gasteiger partial charge in [-0.25, -0.2) is 0 Å². The van der Waals surface area contributed by atoms with Crippen molar-refractivity contribution in [2.75, 3.05) is 33.4 Å². The van der Waals surface area contributed by atoms with E-state index >= 15 is 0 Å². The summed E-state index contributed by atoms with van der Waals surface area (Å²) in [6.45, 7) is 4.58. The third kappa shape index (κ3) is 4.62. The average Bonchev–Trinajstić information content (AvgIpc) is 2.27. The SMILES string of the molecule is CCOCC(=O)N(C)CC1CCCCN1. The lowest BCUT2D eigenvalue weighted by atomic mass is 10.0. The predicted octanol–water partition coefficient (Wildman–Crippen LogP) is 0.623. The molecule has 15 heavy (non-hydrogen) atoms. The van der Waals surface area contributed by atoms with E-state index in [1.165, 1.54) is 19.3 Å². The molecule has 1 fully saturated rings. The third-order valence-corrected chi connectivity index (χ3v) is 2.76. The first kappa shape index (κ1) is 12.5. The molecule has 88 valence electrons. The zero-order valence-corrected chi connectivity index (χ0v) is 9.79. The van der Waals surface area contributed by atoms with Crippen LogP contribution in [0.25, 0.3) is 0 Å². The fraction of sp³-hybridized carbons (Fsp3) is 0.909. The van der Waals surface area contributed by atoms with Crippen LogP contribution < -0.4 is 5.32 Å². The van der Waals surface area contributed by atoms with Crippen LogP contribution in [0.3, 0.4) is 0 Å². The Morgan fingerprint density at radius 2 is 2.33 bits per heavy atom. The molecule has 1 aliphatic rings. The van der Waals surface area contributed by atoms with Gasteiger partial charge in [-0.3, -0.25) is 4.79 Å². The van der Waals surface area contributed by atoms with Gasteiger partial charge in [0.15, 0.2) is 0 Å². The molecule has 1 unspecified atom stereocenters. The number of likely N-dealkylation sites (N-methyl/N-ethyl adjacent to an activating group) is 1. The van der Waals surface area contributed by atoms with Crippen LogP contribution in [0.1, 0.15) is 26.2 Å². The number of nitrogens with zero attached hydrogens (tertiary/aromatic N) is 1. The van der Waals surface area contributed by atoms with Crippen LogP contribution in [0.5, 0.6) is 0 Å². The number of nitrogens with one attached hydrogen (secondary N) is 1. The van der Waals surface area contributed by atoms with Crippen LogP contribution in [-0.4, -0.2) is 50.2 Å². The van der Waals surface area contributed by atoms with E-state index in [9.17, 15) is 4.79 Å². The molecule has 4 heteroatoms. The number of carbonyl (C=O) groups is 1. The molecule has 0 saturated carbocycles. The second-order valence-electron chi connectivity index (χ2n) is 4.06. The normalized spacial score (nSPS) is 21.3. The molecule has 4 nitrogen and oxygen atoms in total. The van der Waals surface area contributed by atoms with Crippen LogP contribution in [0.4, 0.5) is 0 Å². The Bertz CT molecular complexity index is 191. The molecule has 0 aromatic rings. The van der Waals surface area contributed by atoms with Gasteiger partial charge >= 0.3 is 0 Å². The standard InChI is InChI=1S/C11H22N2O2/c1-3-15-9-11(14)13(2)8-10-6-4-5-7-12-10/h10,12H,3-9H2,1-2H3. The first-order chi connectivity index (χ1) is 7.24. The van der Waals surface area contributed by atoms with Crippen LogP contribution in [0.2, 0.25) is 0 Å². The van der Waals surface area contributed by atoms with Crippen molar-refractivity contribution in [2.45, 2.75) is 32.2 Å². The maximum Gasteiger partial charge on any atom is 0.248 e. The molecule has 1 heterocycles. The van der Waals surface area contributed by atoms with Crippen molar-refractivity contribution < 1.29 is 9.53 Å². The van der Waals surface area contributed by atoms with Gasteiger partial charge in [0.2, 0.25) is 5.91 Å². The fourth-order valence-corrected chi connectivity index (χ4v) is 1.81. The fourth-order valence-electron chi connectivity index (χ4n) is 1.81. The number of hydrogen-bond donors (Lipinski definition) is 1. The monoisotopic (exact) mass is 214 g/mol. The largest absolute Gasteiger partial charge is 0.372 e. The molecule has 1 atom stereocenters. The highest BCUT2D eigenvalue weighted by Gasteiger charge is 2.17. The van der Waals surface area contributed by atoms with E-state index in [0.717, 1.165) is 13.1 Å². The van der Waals surface area contributed by atoms with Gasteiger partial charge in [0.05, 0.1) is 0 Å². The van der Waals surface area contributed by atoms with Gasteiger partial charge in [-0.1, -0.05) is 6.42 Å². The molecule has 0 spiro atoms. The highest BCUT2D eigenvalue weighted by Crippen LogP contribution is 2.07. The lowest BCUT2D eigenvalue weighted by Gasteiger charge is -2.28. The molecule has 1 amide bonds. The Morgan fingerprint density at radius 3 is 2.93 bits per heavy atom. The Hall–Kier alpha value is -0.610. The van der Waals surface area contributed by atoms with E-state index in [1.54, 1.807) is 4.90 Å². The second-order valence-corrected chi connectivity index (χ2v) is 4.06. The third-order valence-electron chi connectivity index (χ3n) is 2.76. The Labute approximate surface area is 92.0 Å². The summed E-state index contributed by atoms with van der Waals surface area (Å²) >= 11 is 0. The summed E-state index contributed by atoms with van der Waals surface area (Å²) in [7, 11) is 1.84. The molecule has 0 aromatic heterocycles. The first-order valence-electron chi connectivity index (χ1n) is 5.79. The van der Waals surface area contributed by atoms with Crippen LogP contribution >= 0.6 is 0 Å². The van der Waals surface area contributed by atoms with Gasteiger partial charge in [0.1, 0.15) is 6.61 Å². The van der Waals surface area contributed by atoms with Crippen molar-refractivity contribution in [2.24, 2.45) is 0 Å². The topological polar surface area (TPSA) is 41.6 Å². The molecular weight excluding hydrogens is 192 g/mol. The quantitative estimate of drug-likeness (QED) is 0.729. The number of carbonyl (C=O) groups excluding carboxylic acids is 1. The van der Waals surface area contributed by atoms with E-state index in [2.05, 4.69) is 5.32 Å². The summed E-state index contributed by atoms with van der Waals surface area (Å²) in [6.07, 6.45) is 3.70. The average molecular weight is 214 g/mol. The van der Waals surface area contributed by atoms with Crippen molar-refractivity contribution in [3.05, 3.63) is 0 Å². The summed E-state index contributed by atoms with van der Waals surface area (Å²) in [6, 6.07) is 0.467. The minimum atomic E-state index is 0.0734. The molecule has 0 aliphatic carbocycles. The van der Waals surface area contributed by atoms with E-state index in [1.807, 2.05) is 14.0 Å². The van der Waals surface area contributed by atoms with E-state index < -0.39 is 0 Å². The highest BCUT2D eigenvalue weighted by atomic mass is 16.5. The van der Waals surface area contributed by atoms with Crippen LogP contribution in [0.15, 0.2) is 0 Å². The van der Waals surface area contributed by atoms with Gasteiger partial charge in [-0.2, -0.15) is 0 Å². The Kier molecular flexibility index (Phi) is 5.65. The van der Waals surface area contributed by atoms with Crippen LogP contribution in [0, 0.1) is 0 Å². The van der Waals surface area contributed by atoms with Crippen molar-refractivity contribution in [1.82, 2.24) is 10.2 Å². The zero-order chi connectivity index (χ0) is 11.1. The van der Waals surface area contributed by atoms with E-state index in [-0.39, 0.29) is 12.5 Å². The Balaban J connectivity index is 2.20. The van der Waals surface area contributed by atoms with Gasteiger partial charge < -0.3 is 15.0 Å². The summed E-state index contributed by atoms with van der Waals surface area (Å²) in [5.41, 5.74) is 0. The number of amides is 1. The van der Waals surface area contributed by atoms with Gasteiger partial charge in [0, 0.05) is 26.2 Å². The summed E-state index contributed by atoms with van der Waals surface area (Å²) in [5, 5.41) is 3.43. The molecule has 0 radical (unpaired) electrons. The molecule has 0 bridgehead atoms. The summed E-state index contributed by atoms with van der Waals surface area (Å²) in [5.74, 6) is 0.0734. The number of rotatable bonds is 5. The number of ether oxygens (including phenoxy) is 1. The lowest BCUT2D eigenvalue weighted by molar-refractivity contribution is -0.135. The minimum Gasteiger partial charge on any atom is -0.372 e. The van der Waals surface area contributed by atoms with Gasteiger partial charge in [-0.05, 0) is 26.3 Å². The minimum absolute atomic E-state index is 0.0734. The molecule has 1 saturated heterocycles. The smallest absolute Gasteiger partial charge is 0.248 e. The molecular formula is C11H22N2O2. The predicted molar refractivity (Wildman–Crippen MR) is 59.8 cm³/mol. The van der Waals surface area contributed by atoms with Crippen molar-refractivity contribution in [3.8, 4) is 0 Å². The van der Waals surface area contributed by atoms with Gasteiger partial charge in [-0.15, -0.1) is 0 Å². The molecule has 1 aliphatic heterocycles. The maximum absolute atomic E-state index is 11.5. The number of piperidine rings is 1.